The first-order chi connectivity index (χ1) is 9.82. The van der Waals surface area contributed by atoms with Crippen LogP contribution in [0.5, 0.6) is 0 Å². The number of anilines is 1. The van der Waals surface area contributed by atoms with Crippen LogP contribution in [-0.4, -0.2) is 52.9 Å². The molecule has 1 fully saturated rings. The Balaban J connectivity index is 2.29. The van der Waals surface area contributed by atoms with Gasteiger partial charge >= 0.3 is 0 Å². The van der Waals surface area contributed by atoms with Crippen LogP contribution in [0.2, 0.25) is 0 Å². The predicted molar refractivity (Wildman–Crippen MR) is 80.1 cm³/mol. The largest absolute Gasteiger partial charge is 0.393 e. The minimum Gasteiger partial charge on any atom is -0.393 e. The Morgan fingerprint density at radius 2 is 1.90 bits per heavy atom. The molecule has 0 radical (unpaired) electrons. The highest BCUT2D eigenvalue weighted by molar-refractivity contribution is 6.01. The summed E-state index contributed by atoms with van der Waals surface area (Å²) in [6.45, 7) is 5.27. The van der Waals surface area contributed by atoms with Gasteiger partial charge in [0, 0.05) is 31.2 Å². The van der Waals surface area contributed by atoms with E-state index >= 15 is 0 Å². The Labute approximate surface area is 123 Å². The van der Waals surface area contributed by atoms with Gasteiger partial charge in [0.1, 0.15) is 5.69 Å². The van der Waals surface area contributed by atoms with Crippen LogP contribution in [0.1, 0.15) is 24.2 Å². The molecule has 1 heterocycles. The van der Waals surface area contributed by atoms with Crippen molar-refractivity contribution < 1.29 is 9.72 Å². The summed E-state index contributed by atoms with van der Waals surface area (Å²) in [7, 11) is 2.03. The van der Waals surface area contributed by atoms with Crippen LogP contribution in [0.4, 0.5) is 11.4 Å². The lowest BCUT2D eigenvalue weighted by Gasteiger charge is -2.42. The molecule has 2 N–H and O–H groups in total. The summed E-state index contributed by atoms with van der Waals surface area (Å²) in [4.78, 5) is 26.9. The number of nitrogen functional groups attached to an aromatic ring is 1. The van der Waals surface area contributed by atoms with E-state index in [9.17, 15) is 14.9 Å². The molecule has 1 aliphatic heterocycles. The molecule has 1 amide bonds. The summed E-state index contributed by atoms with van der Waals surface area (Å²) in [5, 5.41) is 10.9. The van der Waals surface area contributed by atoms with Crippen LogP contribution in [0, 0.1) is 10.1 Å². The van der Waals surface area contributed by atoms with Crippen molar-refractivity contribution in [3.8, 4) is 0 Å². The first-order valence-corrected chi connectivity index (χ1v) is 6.87. The third-order valence-corrected chi connectivity index (χ3v) is 4.16. The van der Waals surface area contributed by atoms with Crippen molar-refractivity contribution in [2.24, 2.45) is 0 Å². The second kappa shape index (κ2) is 5.69. The van der Waals surface area contributed by atoms with E-state index in [4.69, 9.17) is 5.73 Å². The van der Waals surface area contributed by atoms with Gasteiger partial charge in [0.2, 0.25) is 0 Å². The molecule has 1 aliphatic rings. The zero-order valence-electron chi connectivity index (χ0n) is 12.4. The monoisotopic (exact) mass is 292 g/mol. The first-order valence-electron chi connectivity index (χ1n) is 6.87. The summed E-state index contributed by atoms with van der Waals surface area (Å²) in [6.07, 6.45) is 0. The van der Waals surface area contributed by atoms with E-state index in [1.807, 2.05) is 20.9 Å². The second-order valence-corrected chi connectivity index (χ2v) is 5.57. The topological polar surface area (TPSA) is 92.7 Å². The smallest absolute Gasteiger partial charge is 0.292 e. The summed E-state index contributed by atoms with van der Waals surface area (Å²) < 4.78 is 0. The number of rotatable bonds is 2. The standard InChI is InChI=1S/C14H20N4O3/c1-9-7-17(8-10(2)16(9)3)14(19)11-5-4-6-12(13(11)15)18(20)21/h4-6,9-10H,7-8,15H2,1-3H3. The molecule has 2 unspecified atom stereocenters. The number of carbonyl (C=O) groups is 1. The molecule has 7 heteroatoms. The van der Waals surface area contributed by atoms with E-state index in [2.05, 4.69) is 4.90 Å². The highest BCUT2D eigenvalue weighted by Gasteiger charge is 2.31. The molecule has 114 valence electrons. The molecule has 1 aromatic carbocycles. The van der Waals surface area contributed by atoms with E-state index in [0.717, 1.165) is 0 Å². The van der Waals surface area contributed by atoms with Crippen LogP contribution in [0.15, 0.2) is 18.2 Å². The lowest BCUT2D eigenvalue weighted by molar-refractivity contribution is -0.383. The summed E-state index contributed by atoms with van der Waals surface area (Å²) in [6, 6.07) is 4.81. The van der Waals surface area contributed by atoms with Gasteiger partial charge in [-0.15, -0.1) is 0 Å². The van der Waals surface area contributed by atoms with Crippen molar-refractivity contribution in [3.63, 3.8) is 0 Å². The molecule has 0 aromatic heterocycles. The number of nitro benzene ring substituents is 1. The summed E-state index contributed by atoms with van der Waals surface area (Å²) >= 11 is 0. The first kappa shape index (κ1) is 15.2. The van der Waals surface area contributed by atoms with Crippen LogP contribution in [0.25, 0.3) is 0 Å². The number of likely N-dealkylation sites (N-methyl/N-ethyl adjacent to an activating group) is 1. The van der Waals surface area contributed by atoms with Gasteiger partial charge in [-0.05, 0) is 27.0 Å². The van der Waals surface area contributed by atoms with Crippen molar-refractivity contribution in [2.75, 3.05) is 25.9 Å². The SMILES string of the molecule is CC1CN(C(=O)c2cccc([N+](=O)[O-])c2N)CC(C)N1C. The molecule has 2 rings (SSSR count). The summed E-state index contributed by atoms with van der Waals surface area (Å²) in [5.74, 6) is -0.247. The lowest BCUT2D eigenvalue weighted by atomic mass is 10.1. The lowest BCUT2D eigenvalue weighted by Crippen LogP contribution is -2.56. The van der Waals surface area contributed by atoms with E-state index in [-0.39, 0.29) is 34.9 Å². The zero-order chi connectivity index (χ0) is 15.7. The Hall–Kier alpha value is -2.15. The molecule has 1 aromatic rings. The van der Waals surface area contributed by atoms with Gasteiger partial charge in [-0.1, -0.05) is 6.07 Å². The Morgan fingerprint density at radius 1 is 1.33 bits per heavy atom. The molecule has 2 atom stereocenters. The van der Waals surface area contributed by atoms with Crippen LogP contribution in [-0.2, 0) is 0 Å². The number of hydrogen-bond donors (Lipinski definition) is 1. The van der Waals surface area contributed by atoms with Gasteiger partial charge in [0.25, 0.3) is 11.6 Å². The number of benzene rings is 1. The van der Waals surface area contributed by atoms with Crippen LogP contribution >= 0.6 is 0 Å². The molecule has 0 aliphatic carbocycles. The minimum absolute atomic E-state index is 0.0632. The minimum atomic E-state index is -0.568. The Kier molecular flexibility index (Phi) is 4.13. The van der Waals surface area contributed by atoms with Gasteiger partial charge in [0.15, 0.2) is 0 Å². The van der Waals surface area contributed by atoms with Crippen molar-refractivity contribution in [3.05, 3.63) is 33.9 Å². The molecular weight excluding hydrogens is 272 g/mol. The number of nitrogens with zero attached hydrogens (tertiary/aromatic N) is 3. The number of nitro groups is 1. The van der Waals surface area contributed by atoms with E-state index in [0.29, 0.717) is 13.1 Å². The number of hydrogen-bond acceptors (Lipinski definition) is 5. The average molecular weight is 292 g/mol. The summed E-state index contributed by atoms with van der Waals surface area (Å²) in [5.41, 5.74) is 5.70. The molecule has 1 saturated heterocycles. The molecule has 0 spiro atoms. The Bertz CT molecular complexity index is 563. The van der Waals surface area contributed by atoms with Gasteiger partial charge < -0.3 is 10.6 Å². The normalized spacial score (nSPS) is 23.1. The fourth-order valence-corrected chi connectivity index (χ4v) is 2.64. The molecule has 0 saturated carbocycles. The van der Waals surface area contributed by atoms with Gasteiger partial charge in [-0.2, -0.15) is 0 Å². The van der Waals surface area contributed by atoms with E-state index < -0.39 is 4.92 Å². The molecule has 7 nitrogen and oxygen atoms in total. The quantitative estimate of drug-likeness (QED) is 0.504. The van der Waals surface area contributed by atoms with Gasteiger partial charge in [0.05, 0.1) is 10.5 Å². The molecule has 21 heavy (non-hydrogen) atoms. The highest BCUT2D eigenvalue weighted by atomic mass is 16.6. The van der Waals surface area contributed by atoms with Crippen molar-refractivity contribution in [1.82, 2.24) is 9.80 Å². The second-order valence-electron chi connectivity index (χ2n) is 5.57. The maximum Gasteiger partial charge on any atom is 0.292 e. The van der Waals surface area contributed by atoms with Crippen molar-refractivity contribution in [2.45, 2.75) is 25.9 Å². The molecular formula is C14H20N4O3. The number of nitrogens with two attached hydrogens (primary N) is 1. The van der Waals surface area contributed by atoms with Crippen LogP contribution < -0.4 is 5.73 Å². The average Bonchev–Trinajstić information content (AvgIpc) is 2.43. The number of amides is 1. The van der Waals surface area contributed by atoms with E-state index in [1.165, 1.54) is 12.1 Å². The zero-order valence-corrected chi connectivity index (χ0v) is 12.4. The van der Waals surface area contributed by atoms with Crippen LogP contribution in [0.3, 0.4) is 0 Å². The van der Waals surface area contributed by atoms with Gasteiger partial charge in [-0.25, -0.2) is 0 Å². The van der Waals surface area contributed by atoms with Crippen molar-refractivity contribution in [1.29, 1.82) is 0 Å². The maximum atomic E-state index is 12.6. The van der Waals surface area contributed by atoms with Crippen molar-refractivity contribution >= 4 is 17.3 Å². The fourth-order valence-electron chi connectivity index (χ4n) is 2.64. The predicted octanol–water partition coefficient (Wildman–Crippen LogP) is 1.34. The third-order valence-electron chi connectivity index (χ3n) is 4.16. The fraction of sp³-hybridized carbons (Fsp3) is 0.500. The number of piperazine rings is 1. The highest BCUT2D eigenvalue weighted by Crippen LogP contribution is 2.27. The molecule has 0 bridgehead atoms. The number of carbonyl (C=O) groups excluding carboxylic acids is 1. The third kappa shape index (κ3) is 2.82. The van der Waals surface area contributed by atoms with Gasteiger partial charge in [-0.3, -0.25) is 19.8 Å². The van der Waals surface area contributed by atoms with E-state index in [1.54, 1.807) is 11.0 Å². The Morgan fingerprint density at radius 3 is 2.43 bits per heavy atom. The number of para-hydroxylation sites is 1. The maximum absolute atomic E-state index is 12.6.